The average Bonchev–Trinajstić information content (AvgIpc) is 3.13. The maximum absolute atomic E-state index is 12.2. The Morgan fingerprint density at radius 2 is 2.08 bits per heavy atom. The van der Waals surface area contributed by atoms with Crippen LogP contribution in [-0.2, 0) is 16.1 Å². The van der Waals surface area contributed by atoms with Crippen LogP contribution in [0.2, 0.25) is 0 Å². The molecule has 0 bridgehead atoms. The number of urea groups is 1. The van der Waals surface area contributed by atoms with E-state index < -0.39 is 0 Å². The van der Waals surface area contributed by atoms with Crippen LogP contribution >= 0.6 is 0 Å². The molecule has 1 heterocycles. The van der Waals surface area contributed by atoms with Gasteiger partial charge in [-0.1, -0.05) is 12.1 Å². The maximum atomic E-state index is 12.2. The molecule has 1 unspecified atom stereocenters. The largest absolute Gasteiger partial charge is 0.468 e. The van der Waals surface area contributed by atoms with Crippen LogP contribution in [0.4, 0.5) is 10.5 Å². The summed E-state index contributed by atoms with van der Waals surface area (Å²) in [5, 5.41) is 5.72. The lowest BCUT2D eigenvalue weighted by Gasteiger charge is -2.22. The van der Waals surface area contributed by atoms with E-state index in [1.54, 1.807) is 13.4 Å². The Morgan fingerprint density at radius 3 is 2.77 bits per heavy atom. The zero-order valence-corrected chi connectivity index (χ0v) is 15.5. The maximum Gasteiger partial charge on any atom is 0.319 e. The van der Waals surface area contributed by atoms with Gasteiger partial charge < -0.3 is 24.5 Å². The second kappa shape index (κ2) is 10.6. The highest BCUT2D eigenvalue weighted by Crippen LogP contribution is 2.17. The molecule has 0 spiro atoms. The van der Waals surface area contributed by atoms with E-state index in [0.29, 0.717) is 26.4 Å². The van der Waals surface area contributed by atoms with Crippen molar-refractivity contribution in [2.75, 3.05) is 46.3 Å². The van der Waals surface area contributed by atoms with E-state index in [0.717, 1.165) is 17.0 Å². The molecule has 0 aliphatic heterocycles. The number of anilines is 1. The lowest BCUT2D eigenvalue weighted by atomic mass is 10.2. The van der Waals surface area contributed by atoms with Crippen LogP contribution in [0.5, 0.6) is 0 Å². The molecule has 7 heteroatoms. The normalized spacial score (nSPS) is 12.2. The zero-order chi connectivity index (χ0) is 18.8. The molecule has 0 radical (unpaired) electrons. The van der Waals surface area contributed by atoms with Gasteiger partial charge >= 0.3 is 6.03 Å². The average molecular weight is 361 g/mol. The van der Waals surface area contributed by atoms with Crippen molar-refractivity contribution in [2.24, 2.45) is 0 Å². The number of likely N-dealkylation sites (N-methyl/N-ethyl adjacent to an activating group) is 1. The van der Waals surface area contributed by atoms with E-state index in [9.17, 15) is 4.79 Å². The molecule has 2 aromatic rings. The molecule has 1 aromatic heterocycles. The minimum absolute atomic E-state index is 0.0312. The molecular weight excluding hydrogens is 334 g/mol. The van der Waals surface area contributed by atoms with E-state index >= 15 is 0 Å². The summed E-state index contributed by atoms with van der Waals surface area (Å²) in [7, 11) is 5.53. The number of rotatable bonds is 10. The smallest absolute Gasteiger partial charge is 0.319 e. The third-order valence-corrected chi connectivity index (χ3v) is 3.84. The molecule has 2 N–H and O–H groups in total. The number of nitrogens with one attached hydrogen (secondary N) is 2. The monoisotopic (exact) mass is 361 g/mol. The highest BCUT2D eigenvalue weighted by Gasteiger charge is 2.17. The topological polar surface area (TPSA) is 76.0 Å². The van der Waals surface area contributed by atoms with Crippen molar-refractivity contribution in [1.82, 2.24) is 10.2 Å². The zero-order valence-electron chi connectivity index (χ0n) is 15.5. The molecule has 142 valence electrons. The van der Waals surface area contributed by atoms with Crippen LogP contribution in [-0.4, -0.2) is 51.9 Å². The van der Waals surface area contributed by atoms with Crippen molar-refractivity contribution in [3.63, 3.8) is 0 Å². The second-order valence-electron chi connectivity index (χ2n) is 6.08. The Balaban J connectivity index is 1.83. The van der Waals surface area contributed by atoms with Gasteiger partial charge in [-0.15, -0.1) is 0 Å². The van der Waals surface area contributed by atoms with E-state index in [1.165, 1.54) is 0 Å². The van der Waals surface area contributed by atoms with Gasteiger partial charge in [-0.2, -0.15) is 0 Å². The number of hydrogen-bond acceptors (Lipinski definition) is 5. The SMILES string of the molecule is COCCOCc1cccc(NC(=O)NCC(c2ccco2)N(C)C)c1. The standard InChI is InChI=1S/C19H27N3O4/c1-22(2)17(18-8-5-9-26-18)13-20-19(23)21-16-7-4-6-15(12-16)14-25-11-10-24-3/h4-9,12,17H,10-11,13-14H2,1-3H3,(H2,20,21,23). The molecule has 1 aromatic carbocycles. The third-order valence-electron chi connectivity index (χ3n) is 3.84. The summed E-state index contributed by atoms with van der Waals surface area (Å²) in [5.74, 6) is 0.811. The van der Waals surface area contributed by atoms with Gasteiger partial charge in [-0.3, -0.25) is 4.90 Å². The van der Waals surface area contributed by atoms with Gasteiger partial charge in [0.25, 0.3) is 0 Å². The fourth-order valence-corrected chi connectivity index (χ4v) is 2.45. The van der Waals surface area contributed by atoms with Crippen LogP contribution < -0.4 is 10.6 Å². The van der Waals surface area contributed by atoms with Crippen LogP contribution in [0.15, 0.2) is 47.1 Å². The van der Waals surface area contributed by atoms with Crippen LogP contribution in [0, 0.1) is 0 Å². The van der Waals surface area contributed by atoms with Gasteiger partial charge in [0.15, 0.2) is 0 Å². The van der Waals surface area contributed by atoms with Crippen molar-refractivity contribution in [2.45, 2.75) is 12.6 Å². The summed E-state index contributed by atoms with van der Waals surface area (Å²) >= 11 is 0. The molecule has 0 fully saturated rings. The fourth-order valence-electron chi connectivity index (χ4n) is 2.45. The van der Waals surface area contributed by atoms with Crippen molar-refractivity contribution in [3.05, 3.63) is 54.0 Å². The molecule has 1 atom stereocenters. The van der Waals surface area contributed by atoms with Gasteiger partial charge in [-0.25, -0.2) is 4.79 Å². The van der Waals surface area contributed by atoms with E-state index in [2.05, 4.69) is 10.6 Å². The van der Waals surface area contributed by atoms with Gasteiger partial charge in [0.1, 0.15) is 5.76 Å². The predicted molar refractivity (Wildman–Crippen MR) is 100 cm³/mol. The lowest BCUT2D eigenvalue weighted by Crippen LogP contribution is -2.36. The number of methoxy groups -OCH3 is 1. The first-order valence-electron chi connectivity index (χ1n) is 8.50. The quantitative estimate of drug-likeness (QED) is 0.637. The third kappa shape index (κ3) is 6.51. The van der Waals surface area contributed by atoms with Gasteiger partial charge in [0.05, 0.1) is 32.1 Å². The molecule has 26 heavy (non-hydrogen) atoms. The van der Waals surface area contributed by atoms with Crippen LogP contribution in [0.3, 0.4) is 0 Å². The number of carbonyl (C=O) groups excluding carboxylic acids is 1. The number of carbonyl (C=O) groups is 1. The predicted octanol–water partition coefficient (Wildman–Crippen LogP) is 2.87. The number of ether oxygens (including phenoxy) is 2. The molecule has 0 saturated carbocycles. The Bertz CT molecular complexity index is 659. The van der Waals surface area contributed by atoms with Crippen molar-refractivity contribution >= 4 is 11.7 Å². The van der Waals surface area contributed by atoms with E-state index in [1.807, 2.05) is 55.4 Å². The fraction of sp³-hybridized carbons (Fsp3) is 0.421. The first-order chi connectivity index (χ1) is 12.6. The highest BCUT2D eigenvalue weighted by molar-refractivity contribution is 5.89. The summed E-state index contributed by atoms with van der Waals surface area (Å²) in [6, 6.07) is 11.0. The van der Waals surface area contributed by atoms with Crippen LogP contribution in [0.25, 0.3) is 0 Å². The molecule has 0 aliphatic rings. The minimum atomic E-state index is -0.263. The summed E-state index contributed by atoms with van der Waals surface area (Å²) < 4.78 is 15.9. The molecule has 7 nitrogen and oxygen atoms in total. The molecular formula is C19H27N3O4. The Kier molecular flexibility index (Phi) is 8.14. The number of nitrogens with zero attached hydrogens (tertiary/aromatic N) is 1. The summed E-state index contributed by atoms with van der Waals surface area (Å²) in [6.07, 6.45) is 1.63. The number of hydrogen-bond donors (Lipinski definition) is 2. The number of benzene rings is 1. The number of furan rings is 1. The van der Waals surface area contributed by atoms with Crippen molar-refractivity contribution in [1.29, 1.82) is 0 Å². The van der Waals surface area contributed by atoms with Gasteiger partial charge in [0.2, 0.25) is 0 Å². The highest BCUT2D eigenvalue weighted by atomic mass is 16.5. The first kappa shape index (κ1) is 20.0. The lowest BCUT2D eigenvalue weighted by molar-refractivity contribution is 0.0617. The molecule has 0 aliphatic carbocycles. The molecule has 2 rings (SSSR count). The van der Waals surface area contributed by atoms with Gasteiger partial charge in [0, 0.05) is 19.3 Å². The van der Waals surface area contributed by atoms with Crippen molar-refractivity contribution in [3.8, 4) is 0 Å². The Morgan fingerprint density at radius 1 is 1.23 bits per heavy atom. The van der Waals surface area contributed by atoms with Crippen LogP contribution in [0.1, 0.15) is 17.4 Å². The first-order valence-corrected chi connectivity index (χ1v) is 8.50. The van der Waals surface area contributed by atoms with E-state index in [4.69, 9.17) is 13.9 Å². The summed E-state index contributed by atoms with van der Waals surface area (Å²) in [6.45, 7) is 2.00. The van der Waals surface area contributed by atoms with Gasteiger partial charge in [-0.05, 0) is 43.9 Å². The number of amides is 2. The Labute approximate surface area is 154 Å². The summed E-state index contributed by atoms with van der Waals surface area (Å²) in [4.78, 5) is 14.2. The second-order valence-corrected chi connectivity index (χ2v) is 6.08. The minimum Gasteiger partial charge on any atom is -0.468 e. The molecule has 2 amide bonds. The Hall–Kier alpha value is -2.35. The van der Waals surface area contributed by atoms with E-state index in [-0.39, 0.29) is 12.1 Å². The van der Waals surface area contributed by atoms with Crippen molar-refractivity contribution < 1.29 is 18.7 Å². The summed E-state index contributed by atoms with van der Waals surface area (Å²) in [5.41, 5.74) is 1.70. The molecule has 0 saturated heterocycles.